The van der Waals surface area contributed by atoms with E-state index in [-0.39, 0.29) is 11.9 Å². The number of halogens is 1. The molecular weight excluding hydrogens is 188 g/mol. The van der Waals surface area contributed by atoms with Gasteiger partial charge < -0.3 is 10.2 Å². The molecule has 1 unspecified atom stereocenters. The summed E-state index contributed by atoms with van der Waals surface area (Å²) in [6.07, 6.45) is 0.927. The second-order valence-corrected chi connectivity index (χ2v) is 3.54. The Morgan fingerprint density at radius 3 is 2.77 bits per heavy atom. The molecule has 0 radical (unpaired) electrons. The van der Waals surface area contributed by atoms with Crippen molar-refractivity contribution in [2.75, 3.05) is 0 Å². The highest BCUT2D eigenvalue weighted by Gasteiger charge is 2.05. The predicted octanol–water partition coefficient (Wildman–Crippen LogP) is 2.36. The summed E-state index contributed by atoms with van der Waals surface area (Å²) in [4.78, 5) is 0. The maximum absolute atomic E-state index is 9.50. The van der Waals surface area contributed by atoms with Gasteiger partial charge in [0, 0.05) is 0 Å². The molecule has 0 spiro atoms. The second-order valence-electron chi connectivity index (χ2n) is 3.14. The number of aromatic hydroxyl groups is 1. The molecule has 0 aromatic heterocycles. The minimum absolute atomic E-state index is 0.129. The van der Waals surface area contributed by atoms with Crippen molar-refractivity contribution >= 4 is 11.6 Å². The van der Waals surface area contributed by atoms with Crippen molar-refractivity contribution in [2.24, 2.45) is 0 Å². The summed E-state index contributed by atoms with van der Waals surface area (Å²) in [6, 6.07) is 5.24. The molecule has 72 valence electrons. The number of benzene rings is 1. The van der Waals surface area contributed by atoms with E-state index in [0.717, 1.165) is 5.56 Å². The van der Waals surface area contributed by atoms with E-state index in [1.165, 1.54) is 0 Å². The fraction of sp³-hybridized carbons (Fsp3) is 0.400. The average molecular weight is 201 g/mol. The van der Waals surface area contributed by atoms with Crippen molar-refractivity contribution in [3.63, 3.8) is 0 Å². The second kappa shape index (κ2) is 4.49. The molecule has 2 nitrogen and oxygen atoms in total. The van der Waals surface area contributed by atoms with Crippen LogP contribution in [0.25, 0.3) is 0 Å². The summed E-state index contributed by atoms with van der Waals surface area (Å²) in [7, 11) is 0. The van der Waals surface area contributed by atoms with Crippen molar-refractivity contribution in [3.8, 4) is 5.75 Å². The molecule has 3 heteroatoms. The van der Waals surface area contributed by atoms with E-state index in [1.54, 1.807) is 19.1 Å². The quantitative estimate of drug-likeness (QED) is 0.787. The van der Waals surface area contributed by atoms with E-state index < -0.39 is 0 Å². The molecule has 1 rings (SSSR count). The normalized spacial score (nSPS) is 12.8. The van der Waals surface area contributed by atoms with E-state index in [9.17, 15) is 5.11 Å². The number of phenolic OH excluding ortho intramolecular Hbond substituents is 1. The van der Waals surface area contributed by atoms with Gasteiger partial charge in [0.05, 0.1) is 11.1 Å². The predicted molar refractivity (Wildman–Crippen MR) is 53.1 cm³/mol. The Kier molecular flexibility index (Phi) is 3.58. The molecule has 0 amide bonds. The van der Waals surface area contributed by atoms with Crippen LogP contribution >= 0.6 is 11.6 Å². The summed E-state index contributed by atoms with van der Waals surface area (Å²) in [5.74, 6) is 0.129. The fourth-order valence-corrected chi connectivity index (χ4v) is 1.32. The summed E-state index contributed by atoms with van der Waals surface area (Å²) in [5, 5.41) is 18.9. The van der Waals surface area contributed by atoms with Crippen LogP contribution in [0.15, 0.2) is 18.2 Å². The zero-order valence-corrected chi connectivity index (χ0v) is 8.25. The average Bonchev–Trinajstić information content (AvgIpc) is 2.07. The molecule has 0 saturated carbocycles. The SMILES string of the molecule is CC(O)CCc1cccc(Cl)c1O. The van der Waals surface area contributed by atoms with Crippen molar-refractivity contribution in [1.82, 2.24) is 0 Å². The summed E-state index contributed by atoms with van der Waals surface area (Å²) in [6.45, 7) is 1.72. The zero-order chi connectivity index (χ0) is 9.84. The van der Waals surface area contributed by atoms with Crippen LogP contribution in [0.4, 0.5) is 0 Å². The van der Waals surface area contributed by atoms with Gasteiger partial charge in [-0.05, 0) is 31.4 Å². The van der Waals surface area contributed by atoms with Crippen LogP contribution in [0.2, 0.25) is 5.02 Å². The third-order valence-corrected chi connectivity index (χ3v) is 2.21. The van der Waals surface area contributed by atoms with Crippen molar-refractivity contribution in [1.29, 1.82) is 0 Å². The van der Waals surface area contributed by atoms with Crippen LogP contribution < -0.4 is 0 Å². The smallest absolute Gasteiger partial charge is 0.137 e. The largest absolute Gasteiger partial charge is 0.506 e. The van der Waals surface area contributed by atoms with Gasteiger partial charge in [-0.25, -0.2) is 0 Å². The number of aryl methyl sites for hydroxylation is 1. The van der Waals surface area contributed by atoms with Gasteiger partial charge in [0.1, 0.15) is 5.75 Å². The Morgan fingerprint density at radius 1 is 1.46 bits per heavy atom. The first-order chi connectivity index (χ1) is 6.11. The monoisotopic (exact) mass is 200 g/mol. The fourth-order valence-electron chi connectivity index (χ4n) is 1.13. The van der Waals surface area contributed by atoms with Crippen LogP contribution in [0.5, 0.6) is 5.75 Å². The number of rotatable bonds is 3. The lowest BCUT2D eigenvalue weighted by Crippen LogP contribution is -2.01. The molecule has 0 aliphatic heterocycles. The highest BCUT2D eigenvalue weighted by Crippen LogP contribution is 2.27. The van der Waals surface area contributed by atoms with Crippen molar-refractivity contribution in [3.05, 3.63) is 28.8 Å². The summed E-state index contributed by atoms with van der Waals surface area (Å²) >= 11 is 5.72. The van der Waals surface area contributed by atoms with Crippen LogP contribution in [-0.4, -0.2) is 16.3 Å². The van der Waals surface area contributed by atoms with E-state index in [0.29, 0.717) is 17.9 Å². The minimum atomic E-state index is -0.349. The van der Waals surface area contributed by atoms with E-state index in [2.05, 4.69) is 0 Å². The maximum atomic E-state index is 9.50. The van der Waals surface area contributed by atoms with Gasteiger partial charge in [0.2, 0.25) is 0 Å². The Morgan fingerprint density at radius 2 is 2.15 bits per heavy atom. The molecule has 2 N–H and O–H groups in total. The maximum Gasteiger partial charge on any atom is 0.137 e. The first kappa shape index (κ1) is 10.4. The van der Waals surface area contributed by atoms with Gasteiger partial charge in [-0.15, -0.1) is 0 Å². The molecule has 1 aromatic carbocycles. The molecule has 0 aliphatic carbocycles. The highest BCUT2D eigenvalue weighted by atomic mass is 35.5. The summed E-state index contributed by atoms with van der Waals surface area (Å²) < 4.78 is 0. The van der Waals surface area contributed by atoms with Gasteiger partial charge in [-0.2, -0.15) is 0 Å². The lowest BCUT2D eigenvalue weighted by molar-refractivity contribution is 0.184. The molecule has 0 fully saturated rings. The van der Waals surface area contributed by atoms with Gasteiger partial charge in [-0.1, -0.05) is 23.7 Å². The number of hydrogen-bond donors (Lipinski definition) is 2. The standard InChI is InChI=1S/C10H13ClO2/c1-7(12)5-6-8-3-2-4-9(11)10(8)13/h2-4,7,12-13H,5-6H2,1H3. The number of aliphatic hydroxyl groups is 1. The molecule has 1 atom stereocenters. The first-order valence-electron chi connectivity index (χ1n) is 4.25. The number of phenols is 1. The Labute approximate surface area is 82.8 Å². The van der Waals surface area contributed by atoms with E-state index in [4.69, 9.17) is 16.7 Å². The van der Waals surface area contributed by atoms with Gasteiger partial charge in [0.25, 0.3) is 0 Å². The van der Waals surface area contributed by atoms with Crippen LogP contribution in [-0.2, 0) is 6.42 Å². The molecule has 1 aromatic rings. The van der Waals surface area contributed by atoms with E-state index in [1.807, 2.05) is 6.07 Å². The van der Waals surface area contributed by atoms with Crippen LogP contribution in [0.3, 0.4) is 0 Å². The number of para-hydroxylation sites is 1. The lowest BCUT2D eigenvalue weighted by Gasteiger charge is -2.06. The number of hydrogen-bond acceptors (Lipinski definition) is 2. The number of aliphatic hydroxyl groups excluding tert-OH is 1. The molecule has 0 saturated heterocycles. The molecule has 13 heavy (non-hydrogen) atoms. The van der Waals surface area contributed by atoms with Gasteiger partial charge in [-0.3, -0.25) is 0 Å². The molecular formula is C10H13ClO2. The third kappa shape index (κ3) is 2.90. The van der Waals surface area contributed by atoms with Crippen molar-refractivity contribution < 1.29 is 10.2 Å². The van der Waals surface area contributed by atoms with Crippen LogP contribution in [0.1, 0.15) is 18.9 Å². The summed E-state index contributed by atoms with van der Waals surface area (Å²) in [5.41, 5.74) is 0.786. The topological polar surface area (TPSA) is 40.5 Å². The van der Waals surface area contributed by atoms with Crippen LogP contribution in [0, 0.1) is 0 Å². The minimum Gasteiger partial charge on any atom is -0.506 e. The Hall–Kier alpha value is -0.730. The highest BCUT2D eigenvalue weighted by molar-refractivity contribution is 6.32. The van der Waals surface area contributed by atoms with E-state index >= 15 is 0 Å². The molecule has 0 aliphatic rings. The van der Waals surface area contributed by atoms with Gasteiger partial charge in [0.15, 0.2) is 0 Å². The molecule has 0 heterocycles. The first-order valence-corrected chi connectivity index (χ1v) is 4.63. The zero-order valence-electron chi connectivity index (χ0n) is 7.50. The Bertz CT molecular complexity index is 284. The Balaban J connectivity index is 2.71. The van der Waals surface area contributed by atoms with Gasteiger partial charge >= 0.3 is 0 Å². The lowest BCUT2D eigenvalue weighted by atomic mass is 10.1. The molecule has 0 bridgehead atoms. The third-order valence-electron chi connectivity index (χ3n) is 1.90. The van der Waals surface area contributed by atoms with Crippen molar-refractivity contribution in [2.45, 2.75) is 25.9 Å².